The number of H-pyrrole nitrogens is 1. The van der Waals surface area contributed by atoms with Gasteiger partial charge < -0.3 is 19.9 Å². The van der Waals surface area contributed by atoms with Crippen LogP contribution in [-0.2, 0) is 7.05 Å². The maximum Gasteiger partial charge on any atom is 0.262 e. The monoisotopic (exact) mass is 454 g/mol. The maximum atomic E-state index is 15.2. The summed E-state index contributed by atoms with van der Waals surface area (Å²) >= 11 is 0. The molecular weight excluding hydrogens is 423 g/mol. The summed E-state index contributed by atoms with van der Waals surface area (Å²) in [5.74, 6) is 0.666. The Kier molecular flexibility index (Phi) is 6.05. The van der Waals surface area contributed by atoms with Gasteiger partial charge in [0.15, 0.2) is 5.65 Å². The van der Waals surface area contributed by atoms with Crippen molar-refractivity contribution < 1.29 is 9.13 Å². The van der Waals surface area contributed by atoms with E-state index in [2.05, 4.69) is 10.3 Å². The molecule has 1 aliphatic carbocycles. The van der Waals surface area contributed by atoms with Gasteiger partial charge in [0.1, 0.15) is 22.8 Å². The SMILES string of the molecule is COc1cc(N2CCNCC2)c(F)cc1-c1nc2c(c(C3CCCCCC3)nn2C)c(=O)[nH]1. The first-order chi connectivity index (χ1) is 16.1. The van der Waals surface area contributed by atoms with Crippen LogP contribution < -0.4 is 20.5 Å². The normalized spacial score (nSPS) is 18.0. The smallest absolute Gasteiger partial charge is 0.262 e. The average molecular weight is 455 g/mol. The fourth-order valence-corrected chi connectivity index (χ4v) is 5.20. The number of piperazine rings is 1. The van der Waals surface area contributed by atoms with Gasteiger partial charge in [-0.2, -0.15) is 5.10 Å². The Hall–Kier alpha value is -2.94. The minimum Gasteiger partial charge on any atom is -0.496 e. The molecule has 176 valence electrons. The number of aryl methyl sites for hydroxylation is 1. The van der Waals surface area contributed by atoms with E-state index in [0.29, 0.717) is 28.0 Å². The molecule has 1 saturated heterocycles. The average Bonchev–Trinajstić information content (AvgIpc) is 3.00. The Bertz CT molecular complexity index is 1210. The van der Waals surface area contributed by atoms with Crippen LogP contribution in [-0.4, -0.2) is 53.0 Å². The maximum absolute atomic E-state index is 15.2. The molecule has 0 spiro atoms. The third kappa shape index (κ3) is 4.10. The first kappa shape index (κ1) is 21.9. The summed E-state index contributed by atoms with van der Waals surface area (Å²) in [6.07, 6.45) is 6.86. The molecule has 1 saturated carbocycles. The number of methoxy groups -OCH3 is 1. The molecule has 3 heterocycles. The lowest BCUT2D eigenvalue weighted by Crippen LogP contribution is -2.43. The molecule has 9 heteroatoms. The highest BCUT2D eigenvalue weighted by Crippen LogP contribution is 2.36. The molecule has 3 aromatic rings. The van der Waals surface area contributed by atoms with Crippen molar-refractivity contribution in [1.29, 1.82) is 0 Å². The molecule has 5 rings (SSSR count). The largest absolute Gasteiger partial charge is 0.496 e. The zero-order valence-electron chi connectivity index (χ0n) is 19.3. The number of fused-ring (bicyclic) bond motifs is 1. The van der Waals surface area contributed by atoms with Crippen molar-refractivity contribution in [2.75, 3.05) is 38.2 Å². The van der Waals surface area contributed by atoms with E-state index in [1.165, 1.54) is 18.9 Å². The van der Waals surface area contributed by atoms with Crippen LogP contribution in [0.1, 0.15) is 50.1 Å². The van der Waals surface area contributed by atoms with Gasteiger partial charge in [0, 0.05) is 45.2 Å². The Morgan fingerprint density at radius 1 is 1.12 bits per heavy atom. The van der Waals surface area contributed by atoms with E-state index in [0.717, 1.165) is 57.6 Å². The van der Waals surface area contributed by atoms with E-state index in [4.69, 9.17) is 14.8 Å². The summed E-state index contributed by atoms with van der Waals surface area (Å²) in [5.41, 5.74) is 2.03. The van der Waals surface area contributed by atoms with Crippen molar-refractivity contribution in [3.05, 3.63) is 34.0 Å². The van der Waals surface area contributed by atoms with Crippen LogP contribution in [0.3, 0.4) is 0 Å². The van der Waals surface area contributed by atoms with Gasteiger partial charge in [-0.1, -0.05) is 25.7 Å². The number of aromatic amines is 1. The summed E-state index contributed by atoms with van der Waals surface area (Å²) in [5, 5.41) is 8.52. The Morgan fingerprint density at radius 2 is 1.85 bits per heavy atom. The van der Waals surface area contributed by atoms with Crippen molar-refractivity contribution >= 4 is 16.7 Å². The third-order valence-electron chi connectivity index (χ3n) is 6.94. The van der Waals surface area contributed by atoms with Crippen molar-refractivity contribution in [2.24, 2.45) is 7.05 Å². The minimum atomic E-state index is -0.361. The molecule has 2 N–H and O–H groups in total. The van der Waals surface area contributed by atoms with E-state index < -0.39 is 0 Å². The van der Waals surface area contributed by atoms with Gasteiger partial charge in [0.05, 0.1) is 24.1 Å². The van der Waals surface area contributed by atoms with Crippen molar-refractivity contribution in [2.45, 2.75) is 44.4 Å². The van der Waals surface area contributed by atoms with Crippen LogP contribution in [0.25, 0.3) is 22.4 Å². The second-order valence-corrected chi connectivity index (χ2v) is 9.05. The number of hydrogen-bond donors (Lipinski definition) is 2. The first-order valence-corrected chi connectivity index (χ1v) is 11.9. The Labute approximate surface area is 192 Å². The number of benzene rings is 1. The number of aromatic nitrogens is 4. The van der Waals surface area contributed by atoms with Crippen LogP contribution in [0.4, 0.5) is 10.1 Å². The van der Waals surface area contributed by atoms with E-state index in [-0.39, 0.29) is 23.1 Å². The van der Waals surface area contributed by atoms with Gasteiger partial charge in [0.2, 0.25) is 0 Å². The number of hydrogen-bond acceptors (Lipinski definition) is 6. The molecule has 0 radical (unpaired) electrons. The lowest BCUT2D eigenvalue weighted by atomic mass is 9.95. The first-order valence-electron chi connectivity index (χ1n) is 11.9. The molecule has 0 atom stereocenters. The second kappa shape index (κ2) is 9.13. The topological polar surface area (TPSA) is 88.1 Å². The van der Waals surface area contributed by atoms with Crippen LogP contribution in [0, 0.1) is 5.82 Å². The van der Waals surface area contributed by atoms with Gasteiger partial charge in [-0.05, 0) is 18.9 Å². The summed E-state index contributed by atoms with van der Waals surface area (Å²) in [6, 6.07) is 3.10. The van der Waals surface area contributed by atoms with Crippen molar-refractivity contribution in [3.8, 4) is 17.1 Å². The predicted molar refractivity (Wildman–Crippen MR) is 127 cm³/mol. The molecule has 33 heavy (non-hydrogen) atoms. The molecule has 2 aliphatic rings. The highest BCUT2D eigenvalue weighted by atomic mass is 19.1. The summed E-state index contributed by atoms with van der Waals surface area (Å²) in [4.78, 5) is 22.8. The van der Waals surface area contributed by atoms with E-state index >= 15 is 4.39 Å². The number of nitrogens with one attached hydrogen (secondary N) is 2. The molecule has 2 aromatic heterocycles. The van der Waals surface area contributed by atoms with E-state index in [1.807, 2.05) is 11.9 Å². The van der Waals surface area contributed by atoms with Gasteiger partial charge in [-0.25, -0.2) is 14.1 Å². The zero-order chi connectivity index (χ0) is 22.9. The highest BCUT2D eigenvalue weighted by molar-refractivity contribution is 5.81. The van der Waals surface area contributed by atoms with Crippen LogP contribution in [0.2, 0.25) is 0 Å². The van der Waals surface area contributed by atoms with Crippen molar-refractivity contribution in [1.82, 2.24) is 25.1 Å². The number of rotatable bonds is 4. The Balaban J connectivity index is 1.58. The fraction of sp³-hybridized carbons (Fsp3) is 0.542. The van der Waals surface area contributed by atoms with Crippen LogP contribution in [0.15, 0.2) is 16.9 Å². The van der Waals surface area contributed by atoms with Gasteiger partial charge in [0.25, 0.3) is 5.56 Å². The van der Waals surface area contributed by atoms with Gasteiger partial charge >= 0.3 is 0 Å². The number of anilines is 1. The molecule has 2 fully saturated rings. The molecule has 0 unspecified atom stereocenters. The zero-order valence-corrected chi connectivity index (χ0v) is 19.3. The number of halogens is 1. The molecule has 0 amide bonds. The molecular formula is C24H31FN6O2. The van der Waals surface area contributed by atoms with Gasteiger partial charge in [-0.3, -0.25) is 4.79 Å². The fourth-order valence-electron chi connectivity index (χ4n) is 5.20. The standard InChI is InChI=1S/C24H31FN6O2/c1-30-23-20(21(29-30)15-7-5-3-4-6-8-15)24(32)28-22(27-23)16-13-17(25)18(14-19(16)33-2)31-11-9-26-10-12-31/h13-15,26H,3-12H2,1-2H3,(H,27,28,32). The lowest BCUT2D eigenvalue weighted by Gasteiger charge is -2.30. The molecule has 0 bridgehead atoms. The molecule has 1 aromatic carbocycles. The van der Waals surface area contributed by atoms with E-state index in [1.54, 1.807) is 17.9 Å². The highest BCUT2D eigenvalue weighted by Gasteiger charge is 2.25. The lowest BCUT2D eigenvalue weighted by molar-refractivity contribution is 0.414. The molecule has 8 nitrogen and oxygen atoms in total. The minimum absolute atomic E-state index is 0.240. The Morgan fingerprint density at radius 3 is 2.55 bits per heavy atom. The second-order valence-electron chi connectivity index (χ2n) is 9.05. The summed E-state index contributed by atoms with van der Waals surface area (Å²) in [7, 11) is 3.35. The van der Waals surface area contributed by atoms with Crippen LogP contribution in [0.5, 0.6) is 5.75 Å². The number of ether oxygens (including phenoxy) is 1. The number of nitrogens with zero attached hydrogens (tertiary/aromatic N) is 4. The van der Waals surface area contributed by atoms with Crippen molar-refractivity contribution in [3.63, 3.8) is 0 Å². The summed E-state index contributed by atoms with van der Waals surface area (Å²) in [6.45, 7) is 3.05. The quantitative estimate of drug-likeness (QED) is 0.588. The van der Waals surface area contributed by atoms with Crippen LogP contribution >= 0.6 is 0 Å². The predicted octanol–water partition coefficient (Wildman–Crippen LogP) is 3.32. The molecule has 1 aliphatic heterocycles. The van der Waals surface area contributed by atoms with E-state index in [9.17, 15) is 4.79 Å². The van der Waals surface area contributed by atoms with Gasteiger partial charge in [-0.15, -0.1) is 0 Å². The third-order valence-corrected chi connectivity index (χ3v) is 6.94. The summed E-state index contributed by atoms with van der Waals surface area (Å²) < 4.78 is 22.4.